The molecule has 0 aromatic heterocycles. The highest BCUT2D eigenvalue weighted by Crippen LogP contribution is 2.33. The van der Waals surface area contributed by atoms with Crippen molar-refractivity contribution in [3.63, 3.8) is 0 Å². The number of nitrogens with one attached hydrogen (secondary N) is 1. The van der Waals surface area contributed by atoms with Crippen molar-refractivity contribution in [2.45, 2.75) is 19.3 Å². The number of amides is 1. The van der Waals surface area contributed by atoms with E-state index in [-0.39, 0.29) is 5.69 Å². The van der Waals surface area contributed by atoms with E-state index in [2.05, 4.69) is 5.32 Å². The fourth-order valence-corrected chi connectivity index (χ4v) is 2.57. The van der Waals surface area contributed by atoms with E-state index in [0.717, 1.165) is 12.1 Å². The second-order valence-electron chi connectivity index (χ2n) is 4.97. The standard InChI is InChI=1S/C14H14FNO5/c15-11-5-4-7(6-10(11)14(20)21)16-12(17)8-2-1-3-9(8)13(18)19/h4-6,8-9H,1-3H2,(H,16,17)(H,18,19)(H,20,21). The van der Waals surface area contributed by atoms with Crippen LogP contribution in [0.3, 0.4) is 0 Å². The number of aromatic carboxylic acids is 1. The Bertz CT molecular complexity index is 601. The molecule has 21 heavy (non-hydrogen) atoms. The van der Waals surface area contributed by atoms with Crippen molar-refractivity contribution in [3.8, 4) is 0 Å². The summed E-state index contributed by atoms with van der Waals surface area (Å²) in [6, 6.07) is 3.20. The molecule has 0 aliphatic heterocycles. The summed E-state index contributed by atoms with van der Waals surface area (Å²) in [7, 11) is 0. The molecule has 1 aliphatic rings. The average Bonchev–Trinajstić information content (AvgIpc) is 2.90. The monoisotopic (exact) mass is 295 g/mol. The molecule has 0 bridgehead atoms. The first kappa shape index (κ1) is 15.0. The number of aliphatic carboxylic acids is 1. The molecule has 3 N–H and O–H groups in total. The van der Waals surface area contributed by atoms with Crippen molar-refractivity contribution >= 4 is 23.5 Å². The zero-order valence-electron chi connectivity index (χ0n) is 11.0. The molecule has 7 heteroatoms. The van der Waals surface area contributed by atoms with E-state index in [1.54, 1.807) is 0 Å². The van der Waals surface area contributed by atoms with Gasteiger partial charge in [0, 0.05) is 5.69 Å². The third kappa shape index (κ3) is 3.18. The van der Waals surface area contributed by atoms with Crippen LogP contribution < -0.4 is 5.32 Å². The molecule has 0 spiro atoms. The normalized spacial score (nSPS) is 21.0. The van der Waals surface area contributed by atoms with Crippen LogP contribution in [0.5, 0.6) is 0 Å². The first-order valence-electron chi connectivity index (χ1n) is 6.46. The smallest absolute Gasteiger partial charge is 0.338 e. The number of rotatable bonds is 4. The largest absolute Gasteiger partial charge is 0.481 e. The Labute approximate surface area is 119 Å². The van der Waals surface area contributed by atoms with Gasteiger partial charge in [-0.2, -0.15) is 0 Å². The van der Waals surface area contributed by atoms with Gasteiger partial charge in [0.25, 0.3) is 0 Å². The quantitative estimate of drug-likeness (QED) is 0.787. The van der Waals surface area contributed by atoms with Crippen LogP contribution in [0.25, 0.3) is 0 Å². The van der Waals surface area contributed by atoms with Gasteiger partial charge in [-0.15, -0.1) is 0 Å². The number of carboxylic acids is 2. The third-order valence-electron chi connectivity index (χ3n) is 3.63. The van der Waals surface area contributed by atoms with Crippen LogP contribution in [0.2, 0.25) is 0 Å². The first-order chi connectivity index (χ1) is 9.90. The van der Waals surface area contributed by atoms with Crippen LogP contribution in [0.15, 0.2) is 18.2 Å². The number of benzene rings is 1. The summed E-state index contributed by atoms with van der Waals surface area (Å²) in [5.74, 6) is -5.22. The van der Waals surface area contributed by atoms with Crippen molar-refractivity contribution < 1.29 is 29.0 Å². The molecule has 1 saturated carbocycles. The van der Waals surface area contributed by atoms with Crippen molar-refractivity contribution in [3.05, 3.63) is 29.6 Å². The maximum atomic E-state index is 13.3. The van der Waals surface area contributed by atoms with Crippen molar-refractivity contribution in [2.24, 2.45) is 11.8 Å². The SMILES string of the molecule is O=C(O)c1cc(NC(=O)C2CCCC2C(=O)O)ccc1F. The van der Waals surface area contributed by atoms with Crippen LogP contribution in [-0.4, -0.2) is 28.1 Å². The lowest BCUT2D eigenvalue weighted by Crippen LogP contribution is -2.30. The lowest BCUT2D eigenvalue weighted by atomic mass is 9.95. The minimum Gasteiger partial charge on any atom is -0.481 e. The average molecular weight is 295 g/mol. The summed E-state index contributed by atoms with van der Waals surface area (Å²) in [6.07, 6.45) is 1.56. The number of anilines is 1. The Morgan fingerprint density at radius 1 is 1.14 bits per heavy atom. The third-order valence-corrected chi connectivity index (χ3v) is 3.63. The fraction of sp³-hybridized carbons (Fsp3) is 0.357. The topological polar surface area (TPSA) is 104 Å². The van der Waals surface area contributed by atoms with Gasteiger partial charge in [-0.3, -0.25) is 9.59 Å². The molecule has 1 amide bonds. The Balaban J connectivity index is 2.14. The molecule has 2 atom stereocenters. The van der Waals surface area contributed by atoms with Gasteiger partial charge in [0.15, 0.2) is 0 Å². The highest BCUT2D eigenvalue weighted by molar-refractivity contribution is 5.97. The molecule has 6 nitrogen and oxygen atoms in total. The fourth-order valence-electron chi connectivity index (χ4n) is 2.57. The summed E-state index contributed by atoms with van der Waals surface area (Å²) in [6.45, 7) is 0. The summed E-state index contributed by atoms with van der Waals surface area (Å²) in [5.41, 5.74) is -0.413. The van der Waals surface area contributed by atoms with E-state index < -0.39 is 41.1 Å². The van der Waals surface area contributed by atoms with Crippen molar-refractivity contribution in [1.29, 1.82) is 0 Å². The molecule has 1 aliphatic carbocycles. The molecule has 1 aromatic carbocycles. The van der Waals surface area contributed by atoms with E-state index in [9.17, 15) is 18.8 Å². The number of halogens is 1. The Morgan fingerprint density at radius 3 is 2.43 bits per heavy atom. The summed E-state index contributed by atoms with van der Waals surface area (Å²) >= 11 is 0. The van der Waals surface area contributed by atoms with Crippen LogP contribution in [-0.2, 0) is 9.59 Å². The first-order valence-corrected chi connectivity index (χ1v) is 6.46. The predicted octanol–water partition coefficient (Wildman–Crippen LogP) is 1.96. The molecule has 1 fully saturated rings. The van der Waals surface area contributed by atoms with E-state index in [1.165, 1.54) is 6.07 Å². The molecule has 112 valence electrons. The minimum atomic E-state index is -1.44. The van der Waals surface area contributed by atoms with Gasteiger partial charge < -0.3 is 15.5 Å². The minimum absolute atomic E-state index is 0.134. The predicted molar refractivity (Wildman–Crippen MR) is 70.5 cm³/mol. The van der Waals surface area contributed by atoms with Gasteiger partial charge in [-0.25, -0.2) is 9.18 Å². The molecule has 2 rings (SSSR count). The summed E-state index contributed by atoms with van der Waals surface area (Å²) < 4.78 is 13.3. The second-order valence-corrected chi connectivity index (χ2v) is 4.97. The number of carboxylic acid groups (broad SMARTS) is 2. The van der Waals surface area contributed by atoms with E-state index in [0.29, 0.717) is 19.3 Å². The molecule has 0 heterocycles. The number of hydrogen-bond donors (Lipinski definition) is 3. The van der Waals surface area contributed by atoms with Crippen LogP contribution in [0, 0.1) is 17.7 Å². The van der Waals surface area contributed by atoms with Gasteiger partial charge in [-0.05, 0) is 31.0 Å². The molecule has 1 aromatic rings. The highest BCUT2D eigenvalue weighted by Gasteiger charge is 2.37. The highest BCUT2D eigenvalue weighted by atomic mass is 19.1. The molecule has 0 saturated heterocycles. The molecular formula is C14H14FNO5. The zero-order chi connectivity index (χ0) is 15.6. The lowest BCUT2D eigenvalue weighted by Gasteiger charge is -2.15. The van der Waals surface area contributed by atoms with E-state index in [4.69, 9.17) is 10.2 Å². The van der Waals surface area contributed by atoms with Crippen molar-refractivity contribution in [2.75, 3.05) is 5.32 Å². The second kappa shape index (κ2) is 5.90. The summed E-state index contributed by atoms with van der Waals surface area (Å²) in [4.78, 5) is 34.0. The molecule has 2 unspecified atom stereocenters. The van der Waals surface area contributed by atoms with Crippen LogP contribution >= 0.6 is 0 Å². The van der Waals surface area contributed by atoms with Gasteiger partial charge >= 0.3 is 11.9 Å². The Hall–Kier alpha value is -2.44. The number of carbonyl (C=O) groups is 3. The molecular weight excluding hydrogens is 281 g/mol. The van der Waals surface area contributed by atoms with Gasteiger partial charge in [0.1, 0.15) is 5.82 Å². The van der Waals surface area contributed by atoms with Crippen LogP contribution in [0.4, 0.5) is 10.1 Å². The zero-order valence-corrected chi connectivity index (χ0v) is 11.0. The maximum Gasteiger partial charge on any atom is 0.338 e. The van der Waals surface area contributed by atoms with E-state index in [1.807, 2.05) is 0 Å². The van der Waals surface area contributed by atoms with Gasteiger partial charge in [-0.1, -0.05) is 6.42 Å². The lowest BCUT2D eigenvalue weighted by molar-refractivity contribution is -0.145. The van der Waals surface area contributed by atoms with Gasteiger partial charge in [0.05, 0.1) is 17.4 Å². The van der Waals surface area contributed by atoms with Crippen molar-refractivity contribution in [1.82, 2.24) is 0 Å². The van der Waals surface area contributed by atoms with E-state index >= 15 is 0 Å². The number of carbonyl (C=O) groups excluding carboxylic acids is 1. The van der Waals surface area contributed by atoms with Crippen LogP contribution in [0.1, 0.15) is 29.6 Å². The maximum absolute atomic E-state index is 13.3. The summed E-state index contributed by atoms with van der Waals surface area (Å²) in [5, 5.41) is 20.3. The number of hydrogen-bond acceptors (Lipinski definition) is 3. The Kier molecular flexibility index (Phi) is 4.21. The van der Waals surface area contributed by atoms with Gasteiger partial charge in [0.2, 0.25) is 5.91 Å². The molecule has 0 radical (unpaired) electrons. The Morgan fingerprint density at radius 2 is 1.81 bits per heavy atom.